The number of carbonyl (C=O) groups is 1. The Morgan fingerprint density at radius 3 is 2.64 bits per heavy atom. The van der Waals surface area contributed by atoms with Crippen LogP contribution in [0.4, 0.5) is 16.2 Å². The molecule has 0 spiro atoms. The lowest BCUT2D eigenvalue weighted by Crippen LogP contribution is -2.43. The highest BCUT2D eigenvalue weighted by Crippen LogP contribution is 2.36. The fraction of sp³-hybridized carbons (Fsp3) is 0.381. The smallest absolute Gasteiger partial charge is 0.322 e. The Morgan fingerprint density at radius 2 is 1.86 bits per heavy atom. The molecule has 7 heteroatoms. The summed E-state index contributed by atoms with van der Waals surface area (Å²) in [5.41, 5.74) is 2.80. The maximum Gasteiger partial charge on any atom is 0.322 e. The molecule has 28 heavy (non-hydrogen) atoms. The molecule has 0 saturated carbocycles. The van der Waals surface area contributed by atoms with Gasteiger partial charge in [0.15, 0.2) is 0 Å². The zero-order valence-corrected chi connectivity index (χ0v) is 17.2. The highest BCUT2D eigenvalue weighted by molar-refractivity contribution is 7.99. The molecule has 0 aromatic heterocycles. The number of carbonyl (C=O) groups excluding carboxylic acids is 1. The SMILES string of the molecule is O=C(Nc1cccc(Cl)c1N1CCOCC1)N1CCSCC1c1ccccc1. The molecule has 2 aliphatic heterocycles. The maximum atomic E-state index is 13.2. The molecule has 0 radical (unpaired) electrons. The number of anilines is 2. The van der Waals surface area contributed by atoms with Crippen molar-refractivity contribution < 1.29 is 9.53 Å². The molecule has 1 N–H and O–H groups in total. The summed E-state index contributed by atoms with van der Waals surface area (Å²) in [5.74, 6) is 1.85. The van der Waals surface area contributed by atoms with E-state index in [1.54, 1.807) is 0 Å². The summed E-state index contributed by atoms with van der Waals surface area (Å²) in [7, 11) is 0. The average Bonchev–Trinajstić information content (AvgIpc) is 2.75. The van der Waals surface area contributed by atoms with Crippen LogP contribution in [0, 0.1) is 0 Å². The van der Waals surface area contributed by atoms with Crippen LogP contribution in [0.2, 0.25) is 5.02 Å². The van der Waals surface area contributed by atoms with Gasteiger partial charge in [0.05, 0.1) is 35.7 Å². The van der Waals surface area contributed by atoms with Crippen LogP contribution in [0.25, 0.3) is 0 Å². The lowest BCUT2D eigenvalue weighted by molar-refractivity contribution is 0.123. The van der Waals surface area contributed by atoms with Crippen LogP contribution in [0.5, 0.6) is 0 Å². The van der Waals surface area contributed by atoms with E-state index in [0.29, 0.717) is 18.2 Å². The molecule has 0 bridgehead atoms. The van der Waals surface area contributed by atoms with Gasteiger partial charge >= 0.3 is 6.03 Å². The van der Waals surface area contributed by atoms with Gasteiger partial charge in [0.2, 0.25) is 0 Å². The summed E-state index contributed by atoms with van der Waals surface area (Å²) >= 11 is 8.39. The predicted molar refractivity (Wildman–Crippen MR) is 117 cm³/mol. The Hall–Kier alpha value is -1.89. The van der Waals surface area contributed by atoms with Crippen LogP contribution in [0.1, 0.15) is 11.6 Å². The first-order chi connectivity index (χ1) is 13.7. The number of amides is 2. The fourth-order valence-electron chi connectivity index (χ4n) is 3.71. The zero-order chi connectivity index (χ0) is 19.3. The maximum absolute atomic E-state index is 13.2. The molecule has 148 valence electrons. The van der Waals surface area contributed by atoms with E-state index < -0.39 is 0 Å². The Bertz CT molecular complexity index is 815. The van der Waals surface area contributed by atoms with Gasteiger partial charge in [-0.2, -0.15) is 11.8 Å². The van der Waals surface area contributed by atoms with Crippen LogP contribution in [-0.2, 0) is 4.74 Å². The topological polar surface area (TPSA) is 44.8 Å². The van der Waals surface area contributed by atoms with Crippen molar-refractivity contribution in [3.8, 4) is 0 Å². The molecule has 5 nitrogen and oxygen atoms in total. The van der Waals surface area contributed by atoms with Crippen LogP contribution < -0.4 is 10.2 Å². The number of hydrogen-bond donors (Lipinski definition) is 1. The summed E-state index contributed by atoms with van der Waals surface area (Å²) < 4.78 is 5.46. The van der Waals surface area contributed by atoms with E-state index in [2.05, 4.69) is 22.3 Å². The molecule has 1 unspecified atom stereocenters. The molecular formula is C21H24ClN3O2S. The minimum atomic E-state index is -0.0778. The van der Waals surface area contributed by atoms with E-state index in [1.165, 1.54) is 5.56 Å². The number of hydrogen-bond acceptors (Lipinski definition) is 4. The van der Waals surface area contributed by atoms with Crippen molar-refractivity contribution in [2.24, 2.45) is 0 Å². The van der Waals surface area contributed by atoms with Crippen molar-refractivity contribution in [3.05, 3.63) is 59.1 Å². The molecule has 1 atom stereocenters. The molecule has 2 aromatic carbocycles. The summed E-state index contributed by atoms with van der Waals surface area (Å²) in [6, 6.07) is 15.9. The van der Waals surface area contributed by atoms with Crippen LogP contribution in [-0.4, -0.2) is 55.3 Å². The van der Waals surface area contributed by atoms with E-state index in [1.807, 2.05) is 53.1 Å². The van der Waals surface area contributed by atoms with Gasteiger partial charge in [0.25, 0.3) is 0 Å². The number of para-hydroxylation sites is 1. The van der Waals surface area contributed by atoms with Crippen molar-refractivity contribution in [2.45, 2.75) is 6.04 Å². The minimum Gasteiger partial charge on any atom is -0.378 e. The number of nitrogens with one attached hydrogen (secondary N) is 1. The molecule has 2 amide bonds. The van der Waals surface area contributed by atoms with E-state index in [0.717, 1.165) is 42.5 Å². The largest absolute Gasteiger partial charge is 0.378 e. The zero-order valence-electron chi connectivity index (χ0n) is 15.6. The highest BCUT2D eigenvalue weighted by atomic mass is 35.5. The van der Waals surface area contributed by atoms with Gasteiger partial charge in [-0.3, -0.25) is 0 Å². The van der Waals surface area contributed by atoms with E-state index in [9.17, 15) is 4.79 Å². The third-order valence-corrected chi connectivity index (χ3v) is 6.46. The lowest BCUT2D eigenvalue weighted by Gasteiger charge is -2.36. The molecule has 4 rings (SSSR count). The number of nitrogens with zero attached hydrogens (tertiary/aromatic N) is 2. The number of thioether (sulfide) groups is 1. The fourth-order valence-corrected chi connectivity index (χ4v) is 5.09. The van der Waals surface area contributed by atoms with Gasteiger partial charge in [0, 0.05) is 31.1 Å². The summed E-state index contributed by atoms with van der Waals surface area (Å²) in [4.78, 5) is 17.3. The van der Waals surface area contributed by atoms with Crippen molar-refractivity contribution in [1.82, 2.24) is 4.90 Å². The molecule has 2 aliphatic rings. The third-order valence-electron chi connectivity index (χ3n) is 5.13. The van der Waals surface area contributed by atoms with E-state index >= 15 is 0 Å². The summed E-state index contributed by atoms with van der Waals surface area (Å²) in [6.45, 7) is 3.58. The quantitative estimate of drug-likeness (QED) is 0.798. The van der Waals surface area contributed by atoms with Crippen molar-refractivity contribution in [3.63, 3.8) is 0 Å². The molecule has 2 saturated heterocycles. The molecular weight excluding hydrogens is 394 g/mol. The number of halogens is 1. The lowest BCUT2D eigenvalue weighted by atomic mass is 10.1. The molecule has 2 fully saturated rings. The second-order valence-electron chi connectivity index (χ2n) is 6.86. The van der Waals surface area contributed by atoms with Gasteiger partial charge < -0.3 is 19.9 Å². The number of ether oxygens (including phenoxy) is 1. The van der Waals surface area contributed by atoms with E-state index in [4.69, 9.17) is 16.3 Å². The second-order valence-corrected chi connectivity index (χ2v) is 8.42. The predicted octanol–water partition coefficient (Wildman–Crippen LogP) is 4.50. The number of morpholine rings is 1. The Morgan fingerprint density at radius 1 is 1.07 bits per heavy atom. The standard InChI is InChI=1S/C21H24ClN3O2S/c22-17-7-4-8-18(20(17)24-9-12-27-13-10-24)23-21(26)25-11-14-28-15-19(25)16-5-2-1-3-6-16/h1-8,19H,9-15H2,(H,23,26). The minimum absolute atomic E-state index is 0.0750. The van der Waals surface area contributed by atoms with Crippen LogP contribution >= 0.6 is 23.4 Å². The van der Waals surface area contributed by atoms with Crippen molar-refractivity contribution >= 4 is 40.8 Å². The average molecular weight is 418 g/mol. The normalized spacial score (nSPS) is 20.1. The first-order valence-electron chi connectivity index (χ1n) is 9.55. The van der Waals surface area contributed by atoms with Crippen LogP contribution in [0.3, 0.4) is 0 Å². The van der Waals surface area contributed by atoms with Crippen molar-refractivity contribution in [2.75, 3.05) is 54.6 Å². The van der Waals surface area contributed by atoms with Gasteiger partial charge in [-0.1, -0.05) is 48.0 Å². The molecule has 0 aliphatic carbocycles. The Kier molecular flexibility index (Phi) is 6.29. The molecule has 2 aromatic rings. The summed E-state index contributed by atoms with van der Waals surface area (Å²) in [5, 5.41) is 3.78. The first kappa shape index (κ1) is 19.4. The summed E-state index contributed by atoms with van der Waals surface area (Å²) in [6.07, 6.45) is 0. The van der Waals surface area contributed by atoms with Gasteiger partial charge in [-0.15, -0.1) is 0 Å². The van der Waals surface area contributed by atoms with Crippen molar-refractivity contribution in [1.29, 1.82) is 0 Å². The van der Waals surface area contributed by atoms with Gasteiger partial charge in [-0.05, 0) is 17.7 Å². The molecule has 2 heterocycles. The van der Waals surface area contributed by atoms with Gasteiger partial charge in [-0.25, -0.2) is 4.79 Å². The Labute approximate surface area is 175 Å². The number of benzene rings is 2. The van der Waals surface area contributed by atoms with Gasteiger partial charge in [0.1, 0.15) is 0 Å². The first-order valence-corrected chi connectivity index (χ1v) is 11.1. The number of urea groups is 1. The monoisotopic (exact) mass is 417 g/mol. The number of rotatable bonds is 3. The second kappa shape index (κ2) is 9.07. The Balaban J connectivity index is 1.56. The highest BCUT2D eigenvalue weighted by Gasteiger charge is 2.29. The van der Waals surface area contributed by atoms with Crippen LogP contribution in [0.15, 0.2) is 48.5 Å². The van der Waals surface area contributed by atoms with E-state index in [-0.39, 0.29) is 12.1 Å². The third kappa shape index (κ3) is 4.24.